The summed E-state index contributed by atoms with van der Waals surface area (Å²) < 4.78 is 5.69. The van der Waals surface area contributed by atoms with Crippen LogP contribution in [0.15, 0.2) is 30.3 Å². The number of carbonyl (C=O) groups excluding carboxylic acids is 1. The number of rotatable bonds is 3. The van der Waals surface area contributed by atoms with Crippen molar-refractivity contribution in [3.05, 3.63) is 35.9 Å². The van der Waals surface area contributed by atoms with Crippen molar-refractivity contribution < 1.29 is 9.53 Å². The molecule has 0 bridgehead atoms. The lowest BCUT2D eigenvalue weighted by Gasteiger charge is -2.33. The molecule has 2 aliphatic rings. The highest BCUT2D eigenvalue weighted by atomic mass is 35.5. The Bertz CT molecular complexity index is 518. The van der Waals surface area contributed by atoms with Gasteiger partial charge in [-0.15, -0.1) is 24.8 Å². The number of ether oxygens (including phenoxy) is 1. The fourth-order valence-electron chi connectivity index (χ4n) is 3.40. The zero-order valence-electron chi connectivity index (χ0n) is 14.0. The first-order valence-corrected chi connectivity index (χ1v) is 8.12. The second kappa shape index (κ2) is 9.59. The van der Waals surface area contributed by atoms with Gasteiger partial charge in [0.15, 0.2) is 0 Å². The number of hydrogen-bond acceptors (Lipinski definition) is 4. The summed E-state index contributed by atoms with van der Waals surface area (Å²) in [6.45, 7) is 6.61. The van der Waals surface area contributed by atoms with Crippen molar-refractivity contribution in [1.82, 2.24) is 9.80 Å². The van der Waals surface area contributed by atoms with Gasteiger partial charge < -0.3 is 15.4 Å². The van der Waals surface area contributed by atoms with E-state index >= 15 is 0 Å². The maximum atomic E-state index is 12.7. The lowest BCUT2D eigenvalue weighted by atomic mass is 9.95. The normalized spacial score (nSPS) is 27.2. The van der Waals surface area contributed by atoms with Gasteiger partial charge >= 0.3 is 0 Å². The van der Waals surface area contributed by atoms with E-state index in [4.69, 9.17) is 10.5 Å². The smallest absolute Gasteiger partial charge is 0.253 e. The molecule has 5 nitrogen and oxygen atoms in total. The van der Waals surface area contributed by atoms with Crippen LogP contribution in [-0.2, 0) is 9.53 Å². The Kier molecular flexibility index (Phi) is 8.46. The number of hydrogen-bond donors (Lipinski definition) is 1. The van der Waals surface area contributed by atoms with Crippen molar-refractivity contribution in [2.75, 3.05) is 39.3 Å². The standard InChI is InChI=1S/C17H25N3O2.2ClH/c1-2-19-8-9-22-16(12-19)17(21)20-10-14(15(18)11-20)13-6-4-3-5-7-13;;/h3-7,14-16H,2,8-12,18H2,1H3;2*1H/t14-,15+,16?;;/m0../s1. The fourth-order valence-corrected chi connectivity index (χ4v) is 3.40. The van der Waals surface area contributed by atoms with E-state index in [1.54, 1.807) is 0 Å². The zero-order chi connectivity index (χ0) is 15.5. The first-order chi connectivity index (χ1) is 10.7. The van der Waals surface area contributed by atoms with Crippen molar-refractivity contribution in [3.63, 3.8) is 0 Å². The van der Waals surface area contributed by atoms with Gasteiger partial charge in [-0.05, 0) is 12.1 Å². The summed E-state index contributed by atoms with van der Waals surface area (Å²) in [5, 5.41) is 0. The molecule has 136 valence electrons. The van der Waals surface area contributed by atoms with E-state index < -0.39 is 0 Å². The maximum absolute atomic E-state index is 12.7. The van der Waals surface area contributed by atoms with Crippen molar-refractivity contribution >= 4 is 30.7 Å². The minimum absolute atomic E-state index is 0. The topological polar surface area (TPSA) is 58.8 Å². The molecule has 2 saturated heterocycles. The Morgan fingerprint density at radius 1 is 1.21 bits per heavy atom. The van der Waals surface area contributed by atoms with Crippen molar-refractivity contribution in [3.8, 4) is 0 Å². The molecule has 1 unspecified atom stereocenters. The largest absolute Gasteiger partial charge is 0.366 e. The van der Waals surface area contributed by atoms with E-state index in [1.807, 2.05) is 23.1 Å². The van der Waals surface area contributed by atoms with E-state index in [1.165, 1.54) is 5.56 Å². The van der Waals surface area contributed by atoms with Crippen LogP contribution in [0.1, 0.15) is 18.4 Å². The molecule has 0 radical (unpaired) electrons. The average molecular weight is 376 g/mol. The highest BCUT2D eigenvalue weighted by molar-refractivity contribution is 5.85. The maximum Gasteiger partial charge on any atom is 0.253 e. The van der Waals surface area contributed by atoms with E-state index in [0.29, 0.717) is 26.2 Å². The van der Waals surface area contributed by atoms with Crippen LogP contribution in [-0.4, -0.2) is 67.2 Å². The van der Waals surface area contributed by atoms with E-state index in [0.717, 1.165) is 13.1 Å². The molecule has 1 aromatic rings. The molecule has 3 atom stereocenters. The van der Waals surface area contributed by atoms with Gasteiger partial charge in [0, 0.05) is 38.1 Å². The van der Waals surface area contributed by atoms with Gasteiger partial charge in [-0.3, -0.25) is 9.69 Å². The minimum Gasteiger partial charge on any atom is -0.366 e. The highest BCUT2D eigenvalue weighted by Gasteiger charge is 2.38. The predicted octanol–water partition coefficient (Wildman–Crippen LogP) is 1.50. The molecule has 0 spiro atoms. The number of nitrogens with zero attached hydrogens (tertiary/aromatic N) is 2. The second-order valence-electron chi connectivity index (χ2n) is 6.18. The Morgan fingerprint density at radius 3 is 2.58 bits per heavy atom. The highest BCUT2D eigenvalue weighted by Crippen LogP contribution is 2.27. The van der Waals surface area contributed by atoms with Crippen LogP contribution < -0.4 is 5.73 Å². The van der Waals surface area contributed by atoms with Gasteiger partial charge in [0.25, 0.3) is 5.91 Å². The monoisotopic (exact) mass is 375 g/mol. The molecule has 2 N–H and O–H groups in total. The third kappa shape index (κ3) is 4.61. The number of nitrogens with two attached hydrogens (primary N) is 1. The second-order valence-corrected chi connectivity index (χ2v) is 6.18. The van der Waals surface area contributed by atoms with Crippen LogP contribution in [0.3, 0.4) is 0 Å². The minimum atomic E-state index is -0.338. The number of benzene rings is 1. The third-order valence-electron chi connectivity index (χ3n) is 4.78. The summed E-state index contributed by atoms with van der Waals surface area (Å²) in [5.74, 6) is 0.308. The lowest BCUT2D eigenvalue weighted by Crippen LogP contribution is -2.50. The molecule has 24 heavy (non-hydrogen) atoms. The SMILES string of the molecule is CCN1CCOC(C(=O)N2C[C@@H](N)[C@H](c3ccccc3)C2)C1.Cl.Cl. The molecule has 1 aromatic carbocycles. The lowest BCUT2D eigenvalue weighted by molar-refractivity contribution is -0.148. The fraction of sp³-hybridized carbons (Fsp3) is 0.588. The third-order valence-corrected chi connectivity index (χ3v) is 4.78. The van der Waals surface area contributed by atoms with Gasteiger partial charge in [-0.1, -0.05) is 37.3 Å². The zero-order valence-corrected chi connectivity index (χ0v) is 15.6. The Balaban J connectivity index is 0.00000144. The first kappa shape index (κ1) is 21.2. The number of amides is 1. The molecule has 7 heteroatoms. The van der Waals surface area contributed by atoms with Gasteiger partial charge in [0.1, 0.15) is 6.10 Å². The summed E-state index contributed by atoms with van der Waals surface area (Å²) >= 11 is 0. The first-order valence-electron chi connectivity index (χ1n) is 8.12. The van der Waals surface area contributed by atoms with Gasteiger partial charge in [0.05, 0.1) is 6.61 Å². The van der Waals surface area contributed by atoms with Crippen LogP contribution in [0.25, 0.3) is 0 Å². The summed E-state index contributed by atoms with van der Waals surface area (Å²) in [6.07, 6.45) is -0.338. The molecule has 2 aliphatic heterocycles. The van der Waals surface area contributed by atoms with E-state index in [2.05, 4.69) is 24.0 Å². The van der Waals surface area contributed by atoms with Gasteiger partial charge in [-0.25, -0.2) is 0 Å². The summed E-state index contributed by atoms with van der Waals surface area (Å²) in [4.78, 5) is 16.8. The van der Waals surface area contributed by atoms with Crippen molar-refractivity contribution in [1.29, 1.82) is 0 Å². The van der Waals surface area contributed by atoms with Crippen molar-refractivity contribution in [2.45, 2.75) is 25.0 Å². The molecular weight excluding hydrogens is 349 g/mol. The molecule has 2 fully saturated rings. The van der Waals surface area contributed by atoms with Crippen molar-refractivity contribution in [2.24, 2.45) is 5.73 Å². The van der Waals surface area contributed by atoms with Gasteiger partial charge in [0.2, 0.25) is 0 Å². The number of halogens is 2. The summed E-state index contributed by atoms with van der Waals surface area (Å²) in [7, 11) is 0. The Labute approximate surface area is 156 Å². The Hall–Kier alpha value is -0.850. The number of likely N-dealkylation sites (tertiary alicyclic amines) is 1. The quantitative estimate of drug-likeness (QED) is 0.869. The average Bonchev–Trinajstić information content (AvgIpc) is 2.97. The van der Waals surface area contributed by atoms with E-state index in [-0.39, 0.29) is 48.8 Å². The molecular formula is C17H27Cl2N3O2. The van der Waals surface area contributed by atoms with Gasteiger partial charge in [-0.2, -0.15) is 0 Å². The molecule has 3 rings (SSSR count). The predicted molar refractivity (Wildman–Crippen MR) is 100 cm³/mol. The molecule has 0 saturated carbocycles. The van der Waals surface area contributed by atoms with Crippen LogP contribution in [0.2, 0.25) is 0 Å². The Morgan fingerprint density at radius 2 is 1.92 bits per heavy atom. The number of morpholine rings is 1. The summed E-state index contributed by atoms with van der Waals surface area (Å²) in [5.41, 5.74) is 7.49. The van der Waals surface area contributed by atoms with Crippen LogP contribution >= 0.6 is 24.8 Å². The number of carbonyl (C=O) groups is 1. The summed E-state index contributed by atoms with van der Waals surface area (Å²) in [6, 6.07) is 10.2. The molecule has 2 heterocycles. The molecule has 0 aliphatic carbocycles. The van der Waals surface area contributed by atoms with Crippen LogP contribution in [0.4, 0.5) is 0 Å². The van der Waals surface area contributed by atoms with Crippen LogP contribution in [0.5, 0.6) is 0 Å². The van der Waals surface area contributed by atoms with Crippen LogP contribution in [0, 0.1) is 0 Å². The molecule has 1 amide bonds. The van der Waals surface area contributed by atoms with E-state index in [9.17, 15) is 4.79 Å². The number of likely N-dealkylation sites (N-methyl/N-ethyl adjacent to an activating group) is 1. The molecule has 0 aromatic heterocycles.